The molecule has 2 aromatic carbocycles. The average molecular weight is 360 g/mol. The fraction of sp³-hybridized carbons (Fsp3) is 0.0769. The molecule has 0 radical (unpaired) electrons. The first kappa shape index (κ1) is 12.3. The van der Waals surface area contributed by atoms with Gasteiger partial charge in [0.25, 0.3) is 0 Å². The third-order valence-electron chi connectivity index (χ3n) is 2.65. The fourth-order valence-corrected chi connectivity index (χ4v) is 7.34. The van der Waals surface area contributed by atoms with Crippen LogP contribution in [-0.4, -0.2) is 5.07 Å². The van der Waals surface area contributed by atoms with Crippen LogP contribution in [0.15, 0.2) is 60.7 Å². The van der Waals surface area contributed by atoms with E-state index in [2.05, 4.69) is 92.1 Å². The predicted octanol–water partition coefficient (Wildman–Crippen LogP) is 4.05. The van der Waals surface area contributed by atoms with Crippen LogP contribution in [0.25, 0.3) is 0 Å². The molecule has 0 fully saturated rings. The summed E-state index contributed by atoms with van der Waals surface area (Å²) in [6.07, 6.45) is 0. The zero-order valence-electron chi connectivity index (χ0n) is 8.74. The van der Waals surface area contributed by atoms with Gasteiger partial charge >= 0.3 is 114 Å². The van der Waals surface area contributed by atoms with Crippen molar-refractivity contribution in [2.45, 2.75) is 0 Å². The summed E-state index contributed by atoms with van der Waals surface area (Å²) >= 11 is 7.65. The van der Waals surface area contributed by atoms with Crippen molar-refractivity contribution in [3.8, 4) is 0 Å². The minimum atomic E-state index is -1.75. The zero-order valence-corrected chi connectivity index (χ0v) is 12.9. The van der Waals surface area contributed by atoms with E-state index in [0.717, 1.165) is 5.07 Å². The number of benzene rings is 2. The first-order chi connectivity index (χ1) is 7.77. The number of hydrogen-bond donors (Lipinski definition) is 0. The van der Waals surface area contributed by atoms with E-state index in [1.807, 2.05) is 0 Å². The molecule has 2 rings (SSSR count). The molecule has 0 heterocycles. The van der Waals surface area contributed by atoms with Crippen LogP contribution in [0.1, 0.15) is 0 Å². The molecule has 0 aliphatic rings. The Kier molecular flexibility index (Phi) is 4.18. The first-order valence-corrected chi connectivity index (χ1v) is 10.7. The molecule has 16 heavy (non-hydrogen) atoms. The summed E-state index contributed by atoms with van der Waals surface area (Å²) < 4.78 is 0. The Morgan fingerprint density at radius 1 is 0.750 bits per heavy atom. The summed E-state index contributed by atoms with van der Waals surface area (Å²) in [7, 11) is 0. The molecule has 0 bridgehead atoms. The van der Waals surface area contributed by atoms with Gasteiger partial charge in [0, 0.05) is 0 Å². The summed E-state index contributed by atoms with van der Waals surface area (Å²) in [5.74, 6) is -1.75. The van der Waals surface area contributed by atoms with E-state index in [1.165, 1.54) is 10.6 Å². The van der Waals surface area contributed by atoms with Gasteiger partial charge in [-0.2, -0.15) is 0 Å². The molecule has 0 spiro atoms. The summed E-state index contributed by atoms with van der Waals surface area (Å²) in [4.78, 5) is 0. The van der Waals surface area contributed by atoms with E-state index in [0.29, 0.717) is 0 Å². The summed E-state index contributed by atoms with van der Waals surface area (Å²) in [5.41, 5.74) is 0. The number of rotatable bonds is 3. The molecule has 0 atom stereocenters. The van der Waals surface area contributed by atoms with Crippen LogP contribution in [0.2, 0.25) is 0 Å². The molecule has 0 saturated heterocycles. The third-order valence-corrected chi connectivity index (χ3v) is 13.9. The van der Waals surface area contributed by atoms with E-state index in [-0.39, 0.29) is 0 Å². The van der Waals surface area contributed by atoms with Gasteiger partial charge < -0.3 is 0 Å². The van der Waals surface area contributed by atoms with Gasteiger partial charge in [-0.05, 0) is 0 Å². The Morgan fingerprint density at radius 2 is 1.12 bits per heavy atom. The van der Waals surface area contributed by atoms with Crippen molar-refractivity contribution >= 4 is 48.0 Å². The van der Waals surface area contributed by atoms with Crippen molar-refractivity contribution in [3.05, 3.63) is 60.7 Å². The van der Waals surface area contributed by atoms with Crippen LogP contribution in [0.3, 0.4) is 0 Å². The average Bonchev–Trinajstić information content (AvgIpc) is 2.40. The van der Waals surface area contributed by atoms with Crippen molar-refractivity contribution < 1.29 is 0 Å². The standard InChI is InChI=1S/C13H13Br2P/c14-11-16(15,12-7-3-1-4-8-12)13-9-5-2-6-10-13/h1-10,16H,11H2. The molecular formula is C13H13Br2P. The number of alkyl halides is 1. The minimum absolute atomic E-state index is 0.980. The molecule has 0 aliphatic carbocycles. The van der Waals surface area contributed by atoms with Crippen molar-refractivity contribution in [1.82, 2.24) is 0 Å². The molecule has 3 heteroatoms. The van der Waals surface area contributed by atoms with Crippen LogP contribution in [0, 0.1) is 0 Å². The maximum absolute atomic E-state index is 3.99. The van der Waals surface area contributed by atoms with Gasteiger partial charge in [0.2, 0.25) is 0 Å². The normalized spacial score (nSPS) is 12.4. The monoisotopic (exact) mass is 358 g/mol. The summed E-state index contributed by atoms with van der Waals surface area (Å²) in [6.45, 7) is 0. The van der Waals surface area contributed by atoms with Gasteiger partial charge in [0.05, 0.1) is 0 Å². The van der Waals surface area contributed by atoms with Crippen molar-refractivity contribution in [1.29, 1.82) is 0 Å². The second-order valence-electron chi connectivity index (χ2n) is 3.67. The maximum atomic E-state index is 3.99. The molecule has 84 valence electrons. The van der Waals surface area contributed by atoms with E-state index in [1.54, 1.807) is 0 Å². The Morgan fingerprint density at radius 3 is 1.44 bits per heavy atom. The molecule has 0 amide bonds. The Labute approximate surface area is 113 Å². The molecule has 0 saturated carbocycles. The quantitative estimate of drug-likeness (QED) is 0.573. The van der Waals surface area contributed by atoms with Crippen LogP contribution in [0.5, 0.6) is 0 Å². The second-order valence-corrected chi connectivity index (χ2v) is 12.4. The topological polar surface area (TPSA) is 0 Å². The van der Waals surface area contributed by atoms with Crippen molar-refractivity contribution in [2.24, 2.45) is 0 Å². The second kappa shape index (κ2) is 5.44. The van der Waals surface area contributed by atoms with Gasteiger partial charge in [-0.3, -0.25) is 0 Å². The van der Waals surface area contributed by atoms with Crippen LogP contribution < -0.4 is 10.6 Å². The predicted molar refractivity (Wildman–Crippen MR) is 83.2 cm³/mol. The summed E-state index contributed by atoms with van der Waals surface area (Å²) in [5, 5.41) is 3.78. The molecular weight excluding hydrogens is 347 g/mol. The Balaban J connectivity index is 2.49. The summed E-state index contributed by atoms with van der Waals surface area (Å²) in [6, 6.07) is 21.3. The molecule has 0 N–H and O–H groups in total. The van der Waals surface area contributed by atoms with Gasteiger partial charge in [0.15, 0.2) is 0 Å². The zero-order chi connectivity index (χ0) is 11.4. The SMILES string of the molecule is BrC[PH](Br)(c1ccccc1)c1ccccc1. The van der Waals surface area contributed by atoms with Crippen LogP contribution >= 0.6 is 37.4 Å². The molecule has 0 nitrogen and oxygen atoms in total. The number of halogens is 2. The van der Waals surface area contributed by atoms with Gasteiger partial charge in [-0.25, -0.2) is 0 Å². The van der Waals surface area contributed by atoms with Crippen molar-refractivity contribution in [3.63, 3.8) is 0 Å². The van der Waals surface area contributed by atoms with Crippen molar-refractivity contribution in [2.75, 3.05) is 5.07 Å². The molecule has 0 unspecified atom stereocenters. The van der Waals surface area contributed by atoms with E-state index >= 15 is 0 Å². The fourth-order valence-electron chi connectivity index (χ4n) is 1.73. The Bertz CT molecular complexity index is 403. The molecule has 0 aromatic heterocycles. The Hall–Kier alpha value is -0.170. The van der Waals surface area contributed by atoms with E-state index in [4.69, 9.17) is 0 Å². The molecule has 2 aromatic rings. The van der Waals surface area contributed by atoms with E-state index < -0.39 is 5.96 Å². The van der Waals surface area contributed by atoms with Gasteiger partial charge in [0.1, 0.15) is 0 Å². The number of hydrogen-bond acceptors (Lipinski definition) is 0. The van der Waals surface area contributed by atoms with E-state index in [9.17, 15) is 0 Å². The van der Waals surface area contributed by atoms with Crippen LogP contribution in [0.4, 0.5) is 0 Å². The van der Waals surface area contributed by atoms with Gasteiger partial charge in [-0.1, -0.05) is 0 Å². The van der Waals surface area contributed by atoms with Gasteiger partial charge in [-0.15, -0.1) is 0 Å². The molecule has 0 aliphatic heterocycles. The third kappa shape index (κ3) is 2.40. The van der Waals surface area contributed by atoms with Crippen LogP contribution in [-0.2, 0) is 0 Å². The first-order valence-electron chi connectivity index (χ1n) is 5.13.